The molecule has 0 fully saturated rings. The summed E-state index contributed by atoms with van der Waals surface area (Å²) in [5, 5.41) is 0.343. The highest BCUT2D eigenvalue weighted by Crippen LogP contribution is 2.20. The summed E-state index contributed by atoms with van der Waals surface area (Å²) in [5.41, 5.74) is 8.50. The molecule has 0 radical (unpaired) electrons. The molecule has 1 aliphatic heterocycles. The fourth-order valence-electron chi connectivity index (χ4n) is 2.63. The summed E-state index contributed by atoms with van der Waals surface area (Å²) in [7, 11) is 0. The molecule has 0 atom stereocenters. The number of carbonyl (C=O) groups excluding carboxylic acids is 1. The summed E-state index contributed by atoms with van der Waals surface area (Å²) in [5.74, 6) is 0.154. The van der Waals surface area contributed by atoms with Crippen LogP contribution in [0.15, 0.2) is 36.4 Å². The predicted octanol–water partition coefficient (Wildman–Crippen LogP) is 2.56. The molecule has 5 heteroatoms. The molecular weight excluding hydrogens is 286 g/mol. The number of anilines is 1. The second-order valence-electron chi connectivity index (χ2n) is 5.13. The first-order valence-corrected chi connectivity index (χ1v) is 7.31. The number of halogens is 1. The van der Waals surface area contributed by atoms with E-state index in [1.807, 2.05) is 12.1 Å². The molecule has 0 unspecified atom stereocenters. The molecule has 0 saturated carbocycles. The van der Waals surface area contributed by atoms with Gasteiger partial charge in [-0.05, 0) is 36.1 Å². The number of aromatic nitrogens is 1. The molecule has 0 spiro atoms. The molecule has 1 aliphatic rings. The summed E-state index contributed by atoms with van der Waals surface area (Å²) in [6, 6.07) is 11.5. The highest BCUT2D eigenvalue weighted by Gasteiger charge is 2.22. The number of hydrogen-bond acceptors (Lipinski definition) is 3. The van der Waals surface area contributed by atoms with Gasteiger partial charge in [0.15, 0.2) is 0 Å². The van der Waals surface area contributed by atoms with Gasteiger partial charge >= 0.3 is 0 Å². The van der Waals surface area contributed by atoms with Crippen molar-refractivity contribution in [3.63, 3.8) is 0 Å². The van der Waals surface area contributed by atoms with Gasteiger partial charge in [-0.1, -0.05) is 35.9 Å². The first-order valence-electron chi connectivity index (χ1n) is 6.93. The van der Waals surface area contributed by atoms with Crippen LogP contribution in [0.5, 0.6) is 0 Å². The van der Waals surface area contributed by atoms with Gasteiger partial charge < -0.3 is 10.6 Å². The Kier molecular flexibility index (Phi) is 3.80. The van der Waals surface area contributed by atoms with E-state index in [0.717, 1.165) is 12.8 Å². The number of fused-ring (bicyclic) bond motifs is 1. The summed E-state index contributed by atoms with van der Waals surface area (Å²) in [6.07, 6.45) is 1.70. The number of nitrogen functional groups attached to an aromatic ring is 1. The summed E-state index contributed by atoms with van der Waals surface area (Å²) in [6.45, 7) is 1.34. The molecule has 2 N–H and O–H groups in total. The second kappa shape index (κ2) is 5.74. The fourth-order valence-corrected chi connectivity index (χ4v) is 2.81. The summed E-state index contributed by atoms with van der Waals surface area (Å²) < 4.78 is 0. The van der Waals surface area contributed by atoms with Crippen LogP contribution in [0.2, 0.25) is 5.02 Å². The zero-order valence-electron chi connectivity index (χ0n) is 11.6. The minimum Gasteiger partial charge on any atom is -0.384 e. The predicted molar refractivity (Wildman–Crippen MR) is 83.4 cm³/mol. The monoisotopic (exact) mass is 301 g/mol. The van der Waals surface area contributed by atoms with Crippen molar-refractivity contribution >= 4 is 23.3 Å². The maximum Gasteiger partial charge on any atom is 0.274 e. The summed E-state index contributed by atoms with van der Waals surface area (Å²) in [4.78, 5) is 18.5. The second-order valence-corrected chi connectivity index (χ2v) is 5.53. The smallest absolute Gasteiger partial charge is 0.274 e. The van der Waals surface area contributed by atoms with Gasteiger partial charge in [-0.3, -0.25) is 4.79 Å². The first-order chi connectivity index (χ1) is 10.1. The molecule has 21 heavy (non-hydrogen) atoms. The Labute approximate surface area is 128 Å². The molecule has 4 nitrogen and oxygen atoms in total. The van der Waals surface area contributed by atoms with Crippen LogP contribution in [-0.2, 0) is 12.8 Å². The van der Waals surface area contributed by atoms with E-state index in [2.05, 4.69) is 17.1 Å². The first kappa shape index (κ1) is 13.9. The van der Waals surface area contributed by atoms with Crippen LogP contribution in [0.3, 0.4) is 0 Å². The number of benzene rings is 1. The zero-order chi connectivity index (χ0) is 14.8. The number of nitrogens with two attached hydrogens (primary N) is 1. The van der Waals surface area contributed by atoms with Gasteiger partial charge in [0.2, 0.25) is 0 Å². The van der Waals surface area contributed by atoms with Crippen molar-refractivity contribution in [2.45, 2.75) is 12.8 Å². The van der Waals surface area contributed by atoms with Gasteiger partial charge in [-0.25, -0.2) is 4.98 Å². The van der Waals surface area contributed by atoms with E-state index >= 15 is 0 Å². The molecule has 3 rings (SSSR count). The normalized spacial score (nSPS) is 14.4. The number of hydrogen-bond donors (Lipinski definition) is 1. The van der Waals surface area contributed by atoms with E-state index in [1.165, 1.54) is 11.1 Å². The Morgan fingerprint density at radius 1 is 1.10 bits per heavy atom. The van der Waals surface area contributed by atoms with Crippen LogP contribution in [0.1, 0.15) is 21.6 Å². The van der Waals surface area contributed by atoms with Crippen LogP contribution in [0.4, 0.5) is 5.82 Å². The van der Waals surface area contributed by atoms with Crippen molar-refractivity contribution in [1.82, 2.24) is 9.88 Å². The van der Waals surface area contributed by atoms with Gasteiger partial charge in [-0.2, -0.15) is 0 Å². The SMILES string of the molecule is Nc1ccc(Cl)c(C(=O)N2CCc3ccccc3CC2)n1. The lowest BCUT2D eigenvalue weighted by Crippen LogP contribution is -2.34. The van der Waals surface area contributed by atoms with Crippen LogP contribution >= 0.6 is 11.6 Å². The van der Waals surface area contributed by atoms with E-state index in [0.29, 0.717) is 23.9 Å². The van der Waals surface area contributed by atoms with Crippen molar-refractivity contribution in [3.8, 4) is 0 Å². The van der Waals surface area contributed by atoms with Crippen LogP contribution < -0.4 is 5.73 Å². The van der Waals surface area contributed by atoms with E-state index in [1.54, 1.807) is 17.0 Å². The largest absolute Gasteiger partial charge is 0.384 e. The molecule has 1 aromatic heterocycles. The lowest BCUT2D eigenvalue weighted by Gasteiger charge is -2.20. The maximum absolute atomic E-state index is 12.6. The topological polar surface area (TPSA) is 59.2 Å². The third kappa shape index (κ3) is 2.85. The van der Waals surface area contributed by atoms with Gasteiger partial charge in [0.25, 0.3) is 5.91 Å². The van der Waals surface area contributed by atoms with Crippen molar-refractivity contribution < 1.29 is 4.79 Å². The highest BCUT2D eigenvalue weighted by atomic mass is 35.5. The van der Waals surface area contributed by atoms with Crippen molar-refractivity contribution in [2.24, 2.45) is 0 Å². The van der Waals surface area contributed by atoms with E-state index in [9.17, 15) is 4.79 Å². The molecule has 108 valence electrons. The fraction of sp³-hybridized carbons (Fsp3) is 0.250. The highest BCUT2D eigenvalue weighted by molar-refractivity contribution is 6.33. The van der Waals surface area contributed by atoms with Crippen LogP contribution in [0.25, 0.3) is 0 Å². The Bertz CT molecular complexity index is 660. The number of amides is 1. The van der Waals surface area contributed by atoms with Gasteiger partial charge in [0.05, 0.1) is 5.02 Å². The van der Waals surface area contributed by atoms with E-state index in [-0.39, 0.29) is 11.6 Å². The van der Waals surface area contributed by atoms with Crippen LogP contribution in [-0.4, -0.2) is 28.9 Å². The minimum atomic E-state index is -0.153. The molecule has 0 aliphatic carbocycles. The number of pyridine rings is 1. The average Bonchev–Trinajstić information content (AvgIpc) is 2.71. The Balaban J connectivity index is 1.82. The molecule has 0 bridgehead atoms. The molecule has 0 saturated heterocycles. The Hall–Kier alpha value is -2.07. The van der Waals surface area contributed by atoms with Crippen molar-refractivity contribution in [2.75, 3.05) is 18.8 Å². The minimum absolute atomic E-state index is 0.153. The van der Waals surface area contributed by atoms with Crippen LogP contribution in [0, 0.1) is 0 Å². The zero-order valence-corrected chi connectivity index (χ0v) is 12.3. The number of carbonyl (C=O) groups is 1. The van der Waals surface area contributed by atoms with Gasteiger partial charge in [0.1, 0.15) is 11.5 Å². The third-order valence-corrected chi connectivity index (χ3v) is 4.08. The maximum atomic E-state index is 12.6. The quantitative estimate of drug-likeness (QED) is 0.880. The average molecular weight is 302 g/mol. The molecular formula is C16H16ClN3O. The summed E-state index contributed by atoms with van der Waals surface area (Å²) >= 11 is 6.07. The lowest BCUT2D eigenvalue weighted by molar-refractivity contribution is 0.0757. The molecule has 2 heterocycles. The number of rotatable bonds is 1. The molecule has 1 aromatic carbocycles. The van der Waals surface area contributed by atoms with Gasteiger partial charge in [-0.15, -0.1) is 0 Å². The molecule has 2 aromatic rings. The van der Waals surface area contributed by atoms with E-state index in [4.69, 9.17) is 17.3 Å². The Morgan fingerprint density at radius 3 is 2.33 bits per heavy atom. The molecule has 1 amide bonds. The van der Waals surface area contributed by atoms with Crippen molar-refractivity contribution in [1.29, 1.82) is 0 Å². The van der Waals surface area contributed by atoms with Gasteiger partial charge in [0, 0.05) is 13.1 Å². The Morgan fingerprint density at radius 2 is 1.71 bits per heavy atom. The van der Waals surface area contributed by atoms with E-state index < -0.39 is 0 Å². The number of nitrogens with zero attached hydrogens (tertiary/aromatic N) is 2. The van der Waals surface area contributed by atoms with Crippen molar-refractivity contribution in [3.05, 3.63) is 58.2 Å². The third-order valence-electron chi connectivity index (χ3n) is 3.78. The standard InChI is InChI=1S/C16H16ClN3O/c17-13-5-6-14(18)19-15(13)16(21)20-9-7-11-3-1-2-4-12(11)8-10-20/h1-6H,7-10H2,(H2,18,19). The lowest BCUT2D eigenvalue weighted by atomic mass is 10.0.